The largest absolute Gasteiger partial charge is 0.198 e. The SMILES string of the molecule is C/C(=C\CCCCC#N)CCCCCC#N. The Labute approximate surface area is 99.6 Å². The second kappa shape index (κ2) is 11.8. The molecule has 0 unspecified atom stereocenters. The van der Waals surface area contributed by atoms with Crippen molar-refractivity contribution in [2.24, 2.45) is 0 Å². The van der Waals surface area contributed by atoms with E-state index in [0.29, 0.717) is 12.8 Å². The Kier molecular flexibility index (Phi) is 10.8. The number of nitriles is 2. The maximum absolute atomic E-state index is 8.38. The van der Waals surface area contributed by atoms with Crippen molar-refractivity contribution in [1.29, 1.82) is 10.5 Å². The van der Waals surface area contributed by atoms with Crippen molar-refractivity contribution in [3.63, 3.8) is 0 Å². The Hall–Kier alpha value is -1.28. The molecule has 0 aromatic heterocycles. The van der Waals surface area contributed by atoms with Crippen molar-refractivity contribution in [2.75, 3.05) is 0 Å². The molecule has 0 saturated heterocycles. The van der Waals surface area contributed by atoms with Gasteiger partial charge >= 0.3 is 0 Å². The third-order valence-corrected chi connectivity index (χ3v) is 2.60. The summed E-state index contributed by atoms with van der Waals surface area (Å²) in [5.41, 5.74) is 1.45. The van der Waals surface area contributed by atoms with Crippen LogP contribution in [0.4, 0.5) is 0 Å². The number of allylic oxidation sites excluding steroid dienone is 2. The Morgan fingerprint density at radius 2 is 1.56 bits per heavy atom. The summed E-state index contributed by atoms with van der Waals surface area (Å²) >= 11 is 0. The molecule has 0 aliphatic carbocycles. The zero-order valence-corrected chi connectivity index (χ0v) is 10.3. The fraction of sp³-hybridized carbons (Fsp3) is 0.714. The highest BCUT2D eigenvalue weighted by Gasteiger charge is 1.92. The first kappa shape index (κ1) is 14.7. The van der Waals surface area contributed by atoms with E-state index < -0.39 is 0 Å². The maximum atomic E-state index is 8.38. The van der Waals surface area contributed by atoms with Gasteiger partial charge in [0.25, 0.3) is 0 Å². The van der Waals surface area contributed by atoms with Crippen LogP contribution in [0.1, 0.15) is 64.7 Å². The number of unbranched alkanes of at least 4 members (excludes halogenated alkanes) is 6. The lowest BCUT2D eigenvalue weighted by Crippen LogP contribution is -1.81. The van der Waals surface area contributed by atoms with Crippen LogP contribution in [0.5, 0.6) is 0 Å². The highest BCUT2D eigenvalue weighted by atomic mass is 14.2. The Balaban J connectivity index is 3.35. The van der Waals surface area contributed by atoms with Gasteiger partial charge in [0.05, 0.1) is 12.1 Å². The zero-order chi connectivity index (χ0) is 12.1. The van der Waals surface area contributed by atoms with E-state index in [2.05, 4.69) is 25.1 Å². The summed E-state index contributed by atoms with van der Waals surface area (Å²) in [7, 11) is 0. The van der Waals surface area contributed by atoms with Crippen LogP contribution < -0.4 is 0 Å². The van der Waals surface area contributed by atoms with E-state index in [1.807, 2.05) is 0 Å². The Bertz CT molecular complexity index is 265. The van der Waals surface area contributed by atoms with Crippen molar-refractivity contribution < 1.29 is 0 Å². The van der Waals surface area contributed by atoms with Crippen LogP contribution in [0.3, 0.4) is 0 Å². The van der Waals surface area contributed by atoms with Gasteiger partial charge in [0, 0.05) is 12.8 Å². The number of hydrogen-bond acceptors (Lipinski definition) is 2. The number of rotatable bonds is 9. The van der Waals surface area contributed by atoms with Crippen molar-refractivity contribution in [3.05, 3.63) is 11.6 Å². The quantitative estimate of drug-likeness (QED) is 0.423. The van der Waals surface area contributed by atoms with Crippen LogP contribution in [0.15, 0.2) is 11.6 Å². The molecule has 16 heavy (non-hydrogen) atoms. The standard InChI is InChI=1S/C14H22N2/c1-14(10-6-2-4-8-12-15)11-7-3-5-9-13-16/h10H,2-9,11H2,1H3/b14-10+. The first-order valence-corrected chi connectivity index (χ1v) is 6.20. The van der Waals surface area contributed by atoms with Crippen molar-refractivity contribution in [2.45, 2.75) is 64.7 Å². The fourth-order valence-corrected chi connectivity index (χ4v) is 1.58. The maximum Gasteiger partial charge on any atom is 0.0621 e. The van der Waals surface area contributed by atoms with Crippen LogP contribution in [0, 0.1) is 22.7 Å². The van der Waals surface area contributed by atoms with Crippen molar-refractivity contribution in [1.82, 2.24) is 0 Å². The van der Waals surface area contributed by atoms with Gasteiger partial charge in [0.2, 0.25) is 0 Å². The molecule has 2 heteroatoms. The van der Waals surface area contributed by atoms with Crippen LogP contribution in [0.2, 0.25) is 0 Å². The lowest BCUT2D eigenvalue weighted by atomic mass is 10.1. The topological polar surface area (TPSA) is 47.6 Å². The van der Waals surface area contributed by atoms with E-state index in [1.54, 1.807) is 0 Å². The molecule has 0 aromatic carbocycles. The summed E-state index contributed by atoms with van der Waals surface area (Å²) in [4.78, 5) is 0. The third-order valence-electron chi connectivity index (χ3n) is 2.60. The van der Waals surface area contributed by atoms with Crippen LogP contribution in [-0.2, 0) is 0 Å². The molecule has 0 radical (unpaired) electrons. The predicted molar refractivity (Wildman–Crippen MR) is 66.5 cm³/mol. The zero-order valence-electron chi connectivity index (χ0n) is 10.3. The summed E-state index contributed by atoms with van der Waals surface area (Å²) in [5, 5.41) is 16.8. The highest BCUT2D eigenvalue weighted by molar-refractivity contribution is 4.97. The van der Waals surface area contributed by atoms with Gasteiger partial charge in [-0.15, -0.1) is 0 Å². The van der Waals surface area contributed by atoms with E-state index in [9.17, 15) is 0 Å². The molecule has 0 fully saturated rings. The van der Waals surface area contributed by atoms with Gasteiger partial charge in [-0.1, -0.05) is 18.1 Å². The predicted octanol–water partition coefficient (Wildman–Crippen LogP) is 4.49. The van der Waals surface area contributed by atoms with E-state index in [-0.39, 0.29) is 0 Å². The highest BCUT2D eigenvalue weighted by Crippen LogP contribution is 2.11. The molecule has 0 N–H and O–H groups in total. The summed E-state index contributed by atoms with van der Waals surface area (Å²) in [5.74, 6) is 0. The summed E-state index contributed by atoms with van der Waals surface area (Å²) in [6.07, 6.45) is 11.5. The van der Waals surface area contributed by atoms with Gasteiger partial charge in [-0.05, 0) is 45.4 Å². The molecular formula is C14H22N2. The first-order valence-electron chi connectivity index (χ1n) is 6.20. The van der Waals surface area contributed by atoms with Gasteiger partial charge in [0.15, 0.2) is 0 Å². The van der Waals surface area contributed by atoms with Crippen molar-refractivity contribution >= 4 is 0 Å². The molecule has 0 spiro atoms. The summed E-state index contributed by atoms with van der Waals surface area (Å²) < 4.78 is 0. The average molecular weight is 218 g/mol. The van der Waals surface area contributed by atoms with Gasteiger partial charge in [0.1, 0.15) is 0 Å². The molecule has 0 saturated carbocycles. The monoisotopic (exact) mass is 218 g/mol. The lowest BCUT2D eigenvalue weighted by Gasteiger charge is -2.00. The van der Waals surface area contributed by atoms with Gasteiger partial charge in [-0.25, -0.2) is 0 Å². The summed E-state index contributed by atoms with van der Waals surface area (Å²) in [6.45, 7) is 2.18. The Morgan fingerprint density at radius 3 is 2.19 bits per heavy atom. The average Bonchev–Trinajstić information content (AvgIpc) is 2.28. The molecule has 0 amide bonds. The van der Waals surface area contributed by atoms with Crippen LogP contribution in [0.25, 0.3) is 0 Å². The van der Waals surface area contributed by atoms with E-state index >= 15 is 0 Å². The molecule has 2 nitrogen and oxygen atoms in total. The molecule has 88 valence electrons. The number of hydrogen-bond donors (Lipinski definition) is 0. The second-order valence-electron chi connectivity index (χ2n) is 4.17. The second-order valence-corrected chi connectivity index (χ2v) is 4.17. The van der Waals surface area contributed by atoms with Gasteiger partial charge in [-0.3, -0.25) is 0 Å². The van der Waals surface area contributed by atoms with Crippen LogP contribution in [-0.4, -0.2) is 0 Å². The molecule has 0 aliphatic heterocycles. The molecule has 0 heterocycles. The Morgan fingerprint density at radius 1 is 0.938 bits per heavy atom. The normalized spacial score (nSPS) is 10.8. The van der Waals surface area contributed by atoms with Gasteiger partial charge in [-0.2, -0.15) is 10.5 Å². The lowest BCUT2D eigenvalue weighted by molar-refractivity contribution is 0.683. The minimum absolute atomic E-state index is 0.682. The smallest absolute Gasteiger partial charge is 0.0621 e. The fourth-order valence-electron chi connectivity index (χ4n) is 1.58. The van der Waals surface area contributed by atoms with E-state index in [4.69, 9.17) is 10.5 Å². The minimum Gasteiger partial charge on any atom is -0.198 e. The summed E-state index contributed by atoms with van der Waals surface area (Å²) in [6, 6.07) is 4.33. The van der Waals surface area contributed by atoms with E-state index in [1.165, 1.54) is 12.0 Å². The molecule has 0 atom stereocenters. The molecule has 0 aromatic rings. The van der Waals surface area contributed by atoms with Crippen LogP contribution >= 0.6 is 0 Å². The molecular weight excluding hydrogens is 196 g/mol. The minimum atomic E-state index is 0.682. The molecule has 0 aliphatic rings. The van der Waals surface area contributed by atoms with E-state index in [0.717, 1.165) is 38.5 Å². The van der Waals surface area contributed by atoms with Crippen molar-refractivity contribution in [3.8, 4) is 12.1 Å². The number of nitrogens with zero attached hydrogens (tertiary/aromatic N) is 2. The molecule has 0 bridgehead atoms. The first-order chi connectivity index (χ1) is 7.81. The van der Waals surface area contributed by atoms with Gasteiger partial charge < -0.3 is 0 Å². The molecule has 0 rings (SSSR count). The third kappa shape index (κ3) is 10.8.